The van der Waals surface area contributed by atoms with Gasteiger partial charge in [-0.05, 0) is 50.6 Å². The molecule has 0 saturated carbocycles. The molecule has 6 nitrogen and oxygen atoms in total. The Hall–Kier alpha value is -2.38. The molecule has 0 aromatic heterocycles. The van der Waals surface area contributed by atoms with E-state index < -0.39 is 10.0 Å². The molecule has 0 bridgehead atoms. The van der Waals surface area contributed by atoms with E-state index in [9.17, 15) is 13.2 Å². The monoisotopic (exact) mass is 418 g/mol. The minimum atomic E-state index is -3.65. The van der Waals surface area contributed by atoms with Crippen LogP contribution in [0.2, 0.25) is 0 Å². The average Bonchev–Trinajstić information content (AvgIpc) is 2.70. The molecule has 0 aliphatic carbocycles. The minimum absolute atomic E-state index is 0.0728. The Morgan fingerprint density at radius 2 is 1.83 bits per heavy atom. The van der Waals surface area contributed by atoms with Crippen molar-refractivity contribution in [2.24, 2.45) is 0 Å². The Morgan fingerprint density at radius 1 is 1.14 bits per heavy atom. The van der Waals surface area contributed by atoms with Crippen LogP contribution in [-0.2, 0) is 16.6 Å². The number of sulfonamides is 1. The lowest BCUT2D eigenvalue weighted by Gasteiger charge is -2.20. The van der Waals surface area contributed by atoms with E-state index in [0.29, 0.717) is 23.5 Å². The number of carbonyl (C=O) groups is 1. The molecule has 1 atom stereocenters. The van der Waals surface area contributed by atoms with Crippen LogP contribution in [-0.4, -0.2) is 38.3 Å². The van der Waals surface area contributed by atoms with E-state index in [1.54, 1.807) is 48.5 Å². The highest BCUT2D eigenvalue weighted by molar-refractivity contribution is 7.89. The molecule has 2 aromatic carbocycles. The van der Waals surface area contributed by atoms with Gasteiger partial charge in [0, 0.05) is 30.8 Å². The lowest BCUT2D eigenvalue weighted by Crippen LogP contribution is -2.32. The number of nitrogens with one attached hydrogen (secondary N) is 1. The Morgan fingerprint density at radius 3 is 2.45 bits per heavy atom. The van der Waals surface area contributed by atoms with Crippen LogP contribution in [0, 0.1) is 0 Å². The van der Waals surface area contributed by atoms with Crippen molar-refractivity contribution in [3.8, 4) is 5.75 Å². The second-order valence-corrected chi connectivity index (χ2v) is 9.04. The molecule has 158 valence electrons. The van der Waals surface area contributed by atoms with Crippen LogP contribution in [0.4, 0.5) is 0 Å². The van der Waals surface area contributed by atoms with Gasteiger partial charge < -0.3 is 10.1 Å². The van der Waals surface area contributed by atoms with Crippen LogP contribution in [0.1, 0.15) is 49.5 Å². The summed E-state index contributed by atoms with van der Waals surface area (Å²) in [7, 11) is -2.13. The third kappa shape index (κ3) is 6.05. The third-order valence-electron chi connectivity index (χ3n) is 4.57. The predicted octanol–water partition coefficient (Wildman–Crippen LogP) is 3.82. The van der Waals surface area contributed by atoms with E-state index in [1.165, 1.54) is 11.4 Å². The lowest BCUT2D eigenvalue weighted by molar-refractivity contribution is 0.0938. The normalized spacial score (nSPS) is 12.6. The molecule has 0 radical (unpaired) electrons. The Balaban J connectivity index is 2.28. The molecular formula is C22H30N2O4S. The van der Waals surface area contributed by atoms with Gasteiger partial charge in [0.25, 0.3) is 5.91 Å². The lowest BCUT2D eigenvalue weighted by atomic mass is 10.1. The fourth-order valence-corrected chi connectivity index (χ4v) is 4.22. The van der Waals surface area contributed by atoms with Crippen LogP contribution in [0.25, 0.3) is 0 Å². The summed E-state index contributed by atoms with van der Waals surface area (Å²) in [5.41, 5.74) is 1.13. The summed E-state index contributed by atoms with van der Waals surface area (Å²) >= 11 is 0. The SMILES string of the molecule is CCC[C@H](C)NC(=O)c1ccc(OCC)c(CN(C)S(=O)(=O)c2ccccc2)c1. The smallest absolute Gasteiger partial charge is 0.251 e. The largest absolute Gasteiger partial charge is 0.494 e. The molecule has 0 fully saturated rings. The molecule has 0 aliphatic rings. The zero-order valence-electron chi connectivity index (χ0n) is 17.5. The summed E-state index contributed by atoms with van der Waals surface area (Å²) in [6, 6.07) is 13.5. The first-order valence-corrected chi connectivity index (χ1v) is 11.3. The van der Waals surface area contributed by atoms with Gasteiger partial charge >= 0.3 is 0 Å². The third-order valence-corrected chi connectivity index (χ3v) is 6.38. The van der Waals surface area contributed by atoms with E-state index in [1.807, 2.05) is 13.8 Å². The summed E-state index contributed by atoms with van der Waals surface area (Å²) in [4.78, 5) is 12.8. The number of ether oxygens (including phenoxy) is 1. The number of nitrogens with zero attached hydrogens (tertiary/aromatic N) is 1. The van der Waals surface area contributed by atoms with Crippen LogP contribution in [0.3, 0.4) is 0 Å². The highest BCUT2D eigenvalue weighted by Gasteiger charge is 2.22. The fraction of sp³-hybridized carbons (Fsp3) is 0.409. The number of hydrogen-bond acceptors (Lipinski definition) is 4. The van der Waals surface area contributed by atoms with Crippen LogP contribution in [0.5, 0.6) is 5.75 Å². The standard InChI is InChI=1S/C22H30N2O4S/c1-5-10-17(3)23-22(25)18-13-14-21(28-6-2)19(15-18)16-24(4)29(26,27)20-11-8-7-9-12-20/h7-9,11-15,17H,5-6,10,16H2,1-4H3,(H,23,25)/t17-/m0/s1. The molecule has 29 heavy (non-hydrogen) atoms. The number of amides is 1. The van der Waals surface area contributed by atoms with E-state index in [-0.39, 0.29) is 23.4 Å². The number of hydrogen-bond donors (Lipinski definition) is 1. The molecule has 2 rings (SSSR count). The molecule has 0 saturated heterocycles. The summed E-state index contributed by atoms with van der Waals surface area (Å²) in [5, 5.41) is 2.97. The Kier molecular flexibility index (Phi) is 8.22. The van der Waals surface area contributed by atoms with Crippen molar-refractivity contribution < 1.29 is 17.9 Å². The van der Waals surface area contributed by atoms with Gasteiger partial charge in [0.15, 0.2) is 0 Å². The summed E-state index contributed by atoms with van der Waals surface area (Å²) in [6.07, 6.45) is 1.88. The molecule has 0 heterocycles. The maximum atomic E-state index is 12.8. The zero-order chi connectivity index (χ0) is 21.4. The highest BCUT2D eigenvalue weighted by Crippen LogP contribution is 2.24. The molecular weight excluding hydrogens is 388 g/mol. The van der Waals surface area contributed by atoms with Crippen LogP contribution < -0.4 is 10.1 Å². The number of rotatable bonds is 10. The van der Waals surface area contributed by atoms with E-state index in [2.05, 4.69) is 12.2 Å². The van der Waals surface area contributed by atoms with Gasteiger partial charge in [0.05, 0.1) is 11.5 Å². The highest BCUT2D eigenvalue weighted by atomic mass is 32.2. The number of carbonyl (C=O) groups excluding carboxylic acids is 1. The van der Waals surface area contributed by atoms with E-state index in [0.717, 1.165) is 12.8 Å². The van der Waals surface area contributed by atoms with Gasteiger partial charge in [-0.3, -0.25) is 4.79 Å². The van der Waals surface area contributed by atoms with E-state index >= 15 is 0 Å². The molecule has 2 aromatic rings. The van der Waals surface area contributed by atoms with Crippen molar-refractivity contribution in [3.05, 3.63) is 59.7 Å². The summed E-state index contributed by atoms with van der Waals surface area (Å²) in [5.74, 6) is 0.393. The number of benzene rings is 2. The van der Waals surface area contributed by atoms with Gasteiger partial charge in [-0.25, -0.2) is 8.42 Å². The van der Waals surface area contributed by atoms with Crippen molar-refractivity contribution in [2.75, 3.05) is 13.7 Å². The molecule has 0 aliphatic heterocycles. The van der Waals surface area contributed by atoms with Gasteiger partial charge in [-0.15, -0.1) is 0 Å². The topological polar surface area (TPSA) is 75.7 Å². The Bertz CT molecular complexity index is 914. The van der Waals surface area contributed by atoms with Crippen molar-refractivity contribution in [1.29, 1.82) is 0 Å². The molecule has 1 amide bonds. The first-order chi connectivity index (χ1) is 13.8. The maximum Gasteiger partial charge on any atom is 0.251 e. The summed E-state index contributed by atoms with van der Waals surface area (Å²) < 4.78 is 32.6. The van der Waals surface area contributed by atoms with Crippen molar-refractivity contribution in [3.63, 3.8) is 0 Å². The van der Waals surface area contributed by atoms with Crippen LogP contribution >= 0.6 is 0 Å². The van der Waals surface area contributed by atoms with Crippen molar-refractivity contribution in [2.45, 2.75) is 51.1 Å². The summed E-state index contributed by atoms with van der Waals surface area (Å²) in [6.45, 7) is 6.44. The molecule has 1 N–H and O–H groups in total. The van der Waals surface area contributed by atoms with Crippen molar-refractivity contribution in [1.82, 2.24) is 9.62 Å². The fourth-order valence-electron chi connectivity index (χ4n) is 3.05. The maximum absolute atomic E-state index is 12.8. The minimum Gasteiger partial charge on any atom is -0.494 e. The predicted molar refractivity (Wildman–Crippen MR) is 115 cm³/mol. The van der Waals surface area contributed by atoms with E-state index in [4.69, 9.17) is 4.74 Å². The van der Waals surface area contributed by atoms with Crippen molar-refractivity contribution >= 4 is 15.9 Å². The molecule has 0 spiro atoms. The Labute approximate surface area is 173 Å². The average molecular weight is 419 g/mol. The zero-order valence-corrected chi connectivity index (χ0v) is 18.3. The molecule has 0 unspecified atom stereocenters. The van der Waals surface area contributed by atoms with Crippen LogP contribution in [0.15, 0.2) is 53.4 Å². The first kappa shape index (κ1) is 22.9. The van der Waals surface area contributed by atoms with Gasteiger partial charge in [0.1, 0.15) is 5.75 Å². The van der Waals surface area contributed by atoms with Gasteiger partial charge in [-0.1, -0.05) is 31.5 Å². The first-order valence-electron chi connectivity index (χ1n) is 9.87. The molecule has 7 heteroatoms. The second-order valence-electron chi connectivity index (χ2n) is 6.99. The quantitative estimate of drug-likeness (QED) is 0.636. The van der Waals surface area contributed by atoms with Gasteiger partial charge in [-0.2, -0.15) is 4.31 Å². The van der Waals surface area contributed by atoms with Gasteiger partial charge in [0.2, 0.25) is 10.0 Å². The second kappa shape index (κ2) is 10.4.